The molecule has 0 bridgehead atoms. The Kier molecular flexibility index (Phi) is 6.06. The van der Waals surface area contributed by atoms with Crippen LogP contribution in [0.25, 0.3) is 0 Å². The van der Waals surface area contributed by atoms with E-state index in [0.29, 0.717) is 0 Å². The van der Waals surface area contributed by atoms with E-state index in [9.17, 15) is 0 Å². The number of nitrogens with zero attached hydrogens (tertiary/aromatic N) is 2. The van der Waals surface area contributed by atoms with Gasteiger partial charge >= 0.3 is 0 Å². The van der Waals surface area contributed by atoms with Crippen molar-refractivity contribution in [2.75, 3.05) is 39.3 Å². The molecule has 0 saturated carbocycles. The van der Waals surface area contributed by atoms with Crippen molar-refractivity contribution < 1.29 is 5.11 Å². The minimum Gasteiger partial charge on any atom is -0.384 e. The van der Waals surface area contributed by atoms with Gasteiger partial charge in [0.1, 0.15) is 6.61 Å². The summed E-state index contributed by atoms with van der Waals surface area (Å²) in [4.78, 5) is 7.50. The molecule has 110 valence electrons. The molecule has 0 spiro atoms. The van der Waals surface area contributed by atoms with Crippen molar-refractivity contribution in [2.45, 2.75) is 20.4 Å². The summed E-state index contributed by atoms with van der Waals surface area (Å²) < 4.78 is 0. The van der Waals surface area contributed by atoms with E-state index in [1.54, 1.807) is 11.3 Å². The Hall–Kier alpha value is -0.860. The first kappa shape index (κ1) is 15.5. The van der Waals surface area contributed by atoms with Gasteiger partial charge < -0.3 is 10.0 Å². The Morgan fingerprint density at radius 2 is 1.90 bits per heavy atom. The Balaban J connectivity index is 1.79. The average molecular weight is 292 g/mol. The van der Waals surface area contributed by atoms with E-state index in [1.165, 1.54) is 24.5 Å². The van der Waals surface area contributed by atoms with Crippen LogP contribution in [-0.2, 0) is 6.54 Å². The molecule has 20 heavy (non-hydrogen) atoms. The molecular formula is C16H24N2OS. The van der Waals surface area contributed by atoms with Gasteiger partial charge in [0.2, 0.25) is 0 Å². The fraction of sp³-hybridized carbons (Fsp3) is 0.625. The third-order valence-electron chi connectivity index (χ3n) is 3.42. The number of aliphatic hydroxyl groups excluding tert-OH is 1. The summed E-state index contributed by atoms with van der Waals surface area (Å²) in [7, 11) is 0. The second-order valence-electron chi connectivity index (χ2n) is 5.70. The number of hydrogen-bond donors (Lipinski definition) is 1. The molecular weight excluding hydrogens is 268 g/mol. The maximum absolute atomic E-state index is 8.70. The summed E-state index contributed by atoms with van der Waals surface area (Å²) >= 11 is 1.74. The molecule has 1 aromatic rings. The second-order valence-corrected chi connectivity index (χ2v) is 6.86. The summed E-state index contributed by atoms with van der Waals surface area (Å²) in [6.07, 6.45) is 0. The van der Waals surface area contributed by atoms with Gasteiger partial charge in [-0.3, -0.25) is 4.90 Å². The van der Waals surface area contributed by atoms with Crippen LogP contribution in [0.3, 0.4) is 0 Å². The fourth-order valence-electron chi connectivity index (χ4n) is 2.52. The van der Waals surface area contributed by atoms with Gasteiger partial charge in [0.15, 0.2) is 0 Å². The lowest BCUT2D eigenvalue weighted by atomic mass is 10.2. The highest BCUT2D eigenvalue weighted by Gasteiger charge is 2.17. The van der Waals surface area contributed by atoms with Crippen molar-refractivity contribution in [1.29, 1.82) is 0 Å². The maximum atomic E-state index is 8.70. The highest BCUT2D eigenvalue weighted by atomic mass is 32.1. The molecule has 1 N–H and O–H groups in total. The summed E-state index contributed by atoms with van der Waals surface area (Å²) in [6.45, 7) is 11.4. The zero-order valence-corrected chi connectivity index (χ0v) is 13.2. The van der Waals surface area contributed by atoms with E-state index < -0.39 is 0 Å². The molecule has 0 atom stereocenters. The molecule has 2 rings (SSSR count). The van der Waals surface area contributed by atoms with E-state index in [-0.39, 0.29) is 6.61 Å². The van der Waals surface area contributed by atoms with Gasteiger partial charge in [-0.1, -0.05) is 25.7 Å². The highest BCUT2D eigenvalue weighted by molar-refractivity contribution is 7.12. The van der Waals surface area contributed by atoms with Crippen molar-refractivity contribution >= 4 is 11.3 Å². The van der Waals surface area contributed by atoms with Crippen molar-refractivity contribution in [3.05, 3.63) is 21.9 Å². The first-order valence-electron chi connectivity index (χ1n) is 7.30. The topological polar surface area (TPSA) is 26.7 Å². The highest BCUT2D eigenvalue weighted by Crippen LogP contribution is 2.18. The van der Waals surface area contributed by atoms with Gasteiger partial charge in [-0.05, 0) is 18.1 Å². The number of thiophene rings is 1. The monoisotopic (exact) mass is 292 g/mol. The van der Waals surface area contributed by atoms with Gasteiger partial charge in [0.25, 0.3) is 0 Å². The molecule has 1 aliphatic heterocycles. The largest absolute Gasteiger partial charge is 0.384 e. The van der Waals surface area contributed by atoms with Gasteiger partial charge in [0, 0.05) is 44.1 Å². The summed E-state index contributed by atoms with van der Waals surface area (Å²) in [6, 6.07) is 4.21. The predicted octanol–water partition coefficient (Wildman–Crippen LogP) is 1.87. The minimum absolute atomic E-state index is 0.0644. The zero-order chi connectivity index (χ0) is 14.4. The maximum Gasteiger partial charge on any atom is 0.104 e. The molecule has 2 heterocycles. The third kappa shape index (κ3) is 4.92. The second kappa shape index (κ2) is 7.80. The van der Waals surface area contributed by atoms with Crippen LogP contribution in [0.4, 0.5) is 0 Å². The van der Waals surface area contributed by atoms with E-state index in [0.717, 1.165) is 30.4 Å². The third-order valence-corrected chi connectivity index (χ3v) is 4.41. The molecule has 0 aromatic carbocycles. The molecule has 0 radical (unpaired) electrons. The van der Waals surface area contributed by atoms with Crippen LogP contribution >= 0.6 is 11.3 Å². The summed E-state index contributed by atoms with van der Waals surface area (Å²) in [5.74, 6) is 6.43. The number of aliphatic hydroxyl groups is 1. The molecule has 1 aromatic heterocycles. The SMILES string of the molecule is CC(C)CN1CCN(Cc2ccc(C#CCO)s2)CC1. The van der Waals surface area contributed by atoms with Crippen molar-refractivity contribution in [3.63, 3.8) is 0 Å². The molecule has 0 unspecified atom stereocenters. The molecule has 3 nitrogen and oxygen atoms in total. The van der Waals surface area contributed by atoms with Gasteiger partial charge in [-0.2, -0.15) is 0 Å². The average Bonchev–Trinajstić information content (AvgIpc) is 2.86. The zero-order valence-electron chi connectivity index (χ0n) is 12.4. The van der Waals surface area contributed by atoms with E-state index in [4.69, 9.17) is 5.11 Å². The lowest BCUT2D eigenvalue weighted by Crippen LogP contribution is -2.46. The number of hydrogen-bond acceptors (Lipinski definition) is 4. The van der Waals surface area contributed by atoms with Crippen LogP contribution in [0.5, 0.6) is 0 Å². The lowest BCUT2D eigenvalue weighted by molar-refractivity contribution is 0.118. The minimum atomic E-state index is -0.0644. The molecule has 0 aliphatic carbocycles. The Morgan fingerprint density at radius 3 is 2.55 bits per heavy atom. The van der Waals surface area contributed by atoms with Crippen molar-refractivity contribution in [2.24, 2.45) is 5.92 Å². The summed E-state index contributed by atoms with van der Waals surface area (Å²) in [5, 5.41) is 8.70. The van der Waals surface area contributed by atoms with Gasteiger partial charge in [0.05, 0.1) is 4.88 Å². The van der Waals surface area contributed by atoms with Crippen LogP contribution in [0.2, 0.25) is 0 Å². The molecule has 0 amide bonds. The molecule has 1 aliphatic rings. The van der Waals surface area contributed by atoms with Crippen LogP contribution in [0, 0.1) is 17.8 Å². The van der Waals surface area contributed by atoms with Crippen molar-refractivity contribution in [3.8, 4) is 11.8 Å². The molecule has 1 saturated heterocycles. The van der Waals surface area contributed by atoms with Gasteiger partial charge in [-0.25, -0.2) is 0 Å². The number of piperazine rings is 1. The van der Waals surface area contributed by atoms with Crippen LogP contribution in [0.15, 0.2) is 12.1 Å². The van der Waals surface area contributed by atoms with Crippen LogP contribution < -0.4 is 0 Å². The van der Waals surface area contributed by atoms with E-state index in [1.807, 2.05) is 0 Å². The van der Waals surface area contributed by atoms with Crippen LogP contribution in [0.1, 0.15) is 23.6 Å². The smallest absolute Gasteiger partial charge is 0.104 e. The number of rotatable bonds is 4. The van der Waals surface area contributed by atoms with Gasteiger partial charge in [-0.15, -0.1) is 11.3 Å². The first-order chi connectivity index (χ1) is 9.67. The molecule has 4 heteroatoms. The fourth-order valence-corrected chi connectivity index (χ4v) is 3.45. The van der Waals surface area contributed by atoms with E-state index in [2.05, 4.69) is 47.6 Å². The Bertz CT molecular complexity index is 464. The molecule has 1 fully saturated rings. The van der Waals surface area contributed by atoms with E-state index >= 15 is 0 Å². The summed E-state index contributed by atoms with van der Waals surface area (Å²) in [5.41, 5.74) is 0. The normalized spacial score (nSPS) is 17.2. The van der Waals surface area contributed by atoms with Crippen LogP contribution in [-0.4, -0.2) is 54.2 Å². The Labute approximate surface area is 126 Å². The predicted molar refractivity (Wildman–Crippen MR) is 84.8 cm³/mol. The lowest BCUT2D eigenvalue weighted by Gasteiger charge is -2.35. The van der Waals surface area contributed by atoms with Crippen molar-refractivity contribution in [1.82, 2.24) is 9.80 Å². The quantitative estimate of drug-likeness (QED) is 0.858. The first-order valence-corrected chi connectivity index (χ1v) is 8.12. The Morgan fingerprint density at radius 1 is 1.20 bits per heavy atom. The standard InChI is InChI=1S/C16H24N2OS/c1-14(2)12-17-7-9-18(10-8-17)13-16-6-5-15(20-16)4-3-11-19/h5-6,14,19H,7-13H2,1-2H3.